The molecule has 2 N–H and O–H groups in total. The lowest BCUT2D eigenvalue weighted by atomic mass is 10.1. The van der Waals surface area contributed by atoms with E-state index in [1.165, 1.54) is 33.3 Å². The Morgan fingerprint density at radius 1 is 1.00 bits per heavy atom. The molecule has 0 heterocycles. The standard InChI is InChI=1S/C19H18Cl2N2O4/c1-11(24)22-16(8-12-4-7-17(26-2)18(9-12)27-3)19(25)23-15-10-13(20)5-6-14(15)21/h4-10H,1-3H3,(H,22,24)(H,23,25)/b16-8+. The van der Waals surface area contributed by atoms with E-state index in [1.807, 2.05) is 0 Å². The zero-order valence-electron chi connectivity index (χ0n) is 14.9. The lowest BCUT2D eigenvalue weighted by molar-refractivity contribution is -0.120. The summed E-state index contributed by atoms with van der Waals surface area (Å²) in [6, 6.07) is 9.79. The summed E-state index contributed by atoms with van der Waals surface area (Å²) in [4.78, 5) is 24.2. The van der Waals surface area contributed by atoms with Crippen LogP contribution in [0.1, 0.15) is 12.5 Å². The van der Waals surface area contributed by atoms with Gasteiger partial charge < -0.3 is 20.1 Å². The van der Waals surface area contributed by atoms with E-state index in [2.05, 4.69) is 10.6 Å². The molecule has 0 saturated heterocycles. The van der Waals surface area contributed by atoms with Crippen LogP contribution in [0.3, 0.4) is 0 Å². The number of amides is 2. The first kappa shape index (κ1) is 20.6. The van der Waals surface area contributed by atoms with Crippen LogP contribution in [0.15, 0.2) is 42.1 Å². The van der Waals surface area contributed by atoms with Gasteiger partial charge in [-0.15, -0.1) is 0 Å². The third kappa shape index (κ3) is 5.64. The highest BCUT2D eigenvalue weighted by Gasteiger charge is 2.14. The van der Waals surface area contributed by atoms with Gasteiger partial charge >= 0.3 is 0 Å². The Morgan fingerprint density at radius 2 is 1.70 bits per heavy atom. The lowest BCUT2D eigenvalue weighted by Gasteiger charge is -2.12. The molecule has 27 heavy (non-hydrogen) atoms. The molecule has 0 aromatic heterocycles. The molecule has 2 rings (SSSR count). The Labute approximate surface area is 167 Å². The van der Waals surface area contributed by atoms with Gasteiger partial charge in [-0.3, -0.25) is 9.59 Å². The zero-order chi connectivity index (χ0) is 20.0. The number of ether oxygens (including phenoxy) is 2. The Bertz CT molecular complexity index is 897. The van der Waals surface area contributed by atoms with Gasteiger partial charge in [-0.2, -0.15) is 0 Å². The first-order valence-electron chi connectivity index (χ1n) is 7.81. The highest BCUT2D eigenvalue weighted by Crippen LogP contribution is 2.29. The van der Waals surface area contributed by atoms with Crippen LogP contribution in [0.2, 0.25) is 10.0 Å². The van der Waals surface area contributed by atoms with Crippen molar-refractivity contribution in [1.29, 1.82) is 0 Å². The van der Waals surface area contributed by atoms with Crippen molar-refractivity contribution in [2.45, 2.75) is 6.92 Å². The molecule has 0 aliphatic rings. The number of benzene rings is 2. The molecule has 0 fully saturated rings. The molecule has 0 aliphatic heterocycles. The molecule has 2 aromatic rings. The SMILES string of the molecule is COc1ccc(/C=C(/NC(C)=O)C(=O)Nc2cc(Cl)ccc2Cl)cc1OC. The van der Waals surface area contributed by atoms with Crippen LogP contribution in [-0.4, -0.2) is 26.0 Å². The van der Waals surface area contributed by atoms with E-state index in [4.69, 9.17) is 32.7 Å². The fourth-order valence-electron chi connectivity index (χ4n) is 2.24. The fourth-order valence-corrected chi connectivity index (χ4v) is 2.58. The first-order valence-corrected chi connectivity index (χ1v) is 8.57. The van der Waals surface area contributed by atoms with E-state index >= 15 is 0 Å². The minimum absolute atomic E-state index is 0.0331. The van der Waals surface area contributed by atoms with Crippen LogP contribution < -0.4 is 20.1 Å². The van der Waals surface area contributed by atoms with Gasteiger partial charge in [0.15, 0.2) is 11.5 Å². The molecule has 8 heteroatoms. The lowest BCUT2D eigenvalue weighted by Crippen LogP contribution is -2.29. The topological polar surface area (TPSA) is 76.7 Å². The van der Waals surface area contributed by atoms with Gasteiger partial charge in [-0.05, 0) is 42.0 Å². The molecular weight excluding hydrogens is 391 g/mol. The quantitative estimate of drug-likeness (QED) is 0.704. The van der Waals surface area contributed by atoms with Gasteiger partial charge in [0.1, 0.15) is 5.70 Å². The number of hydrogen-bond donors (Lipinski definition) is 2. The number of nitrogens with one attached hydrogen (secondary N) is 2. The van der Waals surface area contributed by atoms with E-state index in [1.54, 1.807) is 30.3 Å². The Morgan fingerprint density at radius 3 is 2.33 bits per heavy atom. The molecule has 0 atom stereocenters. The molecule has 0 radical (unpaired) electrons. The molecule has 0 aliphatic carbocycles. The largest absolute Gasteiger partial charge is 0.493 e. The van der Waals surface area contributed by atoms with Gasteiger partial charge in [-0.1, -0.05) is 29.3 Å². The summed E-state index contributed by atoms with van der Waals surface area (Å²) < 4.78 is 10.4. The molecule has 2 amide bonds. The van der Waals surface area contributed by atoms with Crippen molar-refractivity contribution in [2.24, 2.45) is 0 Å². The molecule has 2 aromatic carbocycles. The van der Waals surface area contributed by atoms with Crippen molar-refractivity contribution >= 4 is 46.8 Å². The summed E-state index contributed by atoms with van der Waals surface area (Å²) >= 11 is 12.0. The van der Waals surface area contributed by atoms with Gasteiger partial charge in [0.2, 0.25) is 5.91 Å². The van der Waals surface area contributed by atoms with E-state index < -0.39 is 11.8 Å². The molecule has 0 bridgehead atoms. The monoisotopic (exact) mass is 408 g/mol. The van der Waals surface area contributed by atoms with Crippen LogP contribution in [0.25, 0.3) is 6.08 Å². The van der Waals surface area contributed by atoms with Crippen molar-refractivity contribution in [3.05, 3.63) is 57.7 Å². The number of carbonyl (C=O) groups excluding carboxylic acids is 2. The van der Waals surface area contributed by atoms with Crippen LogP contribution in [0.4, 0.5) is 5.69 Å². The number of hydrogen-bond acceptors (Lipinski definition) is 4. The van der Waals surface area contributed by atoms with Crippen molar-refractivity contribution < 1.29 is 19.1 Å². The van der Waals surface area contributed by atoms with Crippen LogP contribution in [0.5, 0.6) is 11.5 Å². The predicted octanol–water partition coefficient (Wildman–Crippen LogP) is 4.13. The minimum atomic E-state index is -0.552. The summed E-state index contributed by atoms with van der Waals surface area (Å²) in [7, 11) is 3.03. The summed E-state index contributed by atoms with van der Waals surface area (Å²) in [5.41, 5.74) is 0.993. The minimum Gasteiger partial charge on any atom is -0.493 e. The van der Waals surface area contributed by atoms with E-state index in [9.17, 15) is 9.59 Å². The third-order valence-electron chi connectivity index (χ3n) is 3.45. The first-order chi connectivity index (χ1) is 12.8. The van der Waals surface area contributed by atoms with E-state index in [-0.39, 0.29) is 5.70 Å². The molecule has 0 saturated carbocycles. The molecule has 6 nitrogen and oxygen atoms in total. The van der Waals surface area contributed by atoms with Gasteiger partial charge in [0, 0.05) is 11.9 Å². The normalized spacial score (nSPS) is 10.9. The smallest absolute Gasteiger partial charge is 0.272 e. The molecule has 0 spiro atoms. The van der Waals surface area contributed by atoms with Crippen LogP contribution in [-0.2, 0) is 9.59 Å². The maximum absolute atomic E-state index is 12.6. The third-order valence-corrected chi connectivity index (χ3v) is 4.02. The Kier molecular flexibility index (Phi) is 7.10. The van der Waals surface area contributed by atoms with E-state index in [0.29, 0.717) is 32.8 Å². The maximum atomic E-state index is 12.6. The number of rotatable bonds is 6. The molecular formula is C19H18Cl2N2O4. The summed E-state index contributed by atoms with van der Waals surface area (Å²) in [6.07, 6.45) is 1.51. The van der Waals surface area contributed by atoms with Crippen LogP contribution in [0, 0.1) is 0 Å². The fraction of sp³-hybridized carbons (Fsp3) is 0.158. The highest BCUT2D eigenvalue weighted by molar-refractivity contribution is 6.36. The molecule has 0 unspecified atom stereocenters. The maximum Gasteiger partial charge on any atom is 0.272 e. The van der Waals surface area contributed by atoms with Gasteiger partial charge in [0.05, 0.1) is 24.9 Å². The predicted molar refractivity (Wildman–Crippen MR) is 106 cm³/mol. The summed E-state index contributed by atoms with van der Waals surface area (Å²) in [6.45, 7) is 1.31. The second-order valence-electron chi connectivity index (χ2n) is 5.43. The van der Waals surface area contributed by atoms with E-state index in [0.717, 1.165) is 0 Å². The average Bonchev–Trinajstić information content (AvgIpc) is 2.63. The van der Waals surface area contributed by atoms with Crippen LogP contribution >= 0.6 is 23.2 Å². The summed E-state index contributed by atoms with van der Waals surface area (Å²) in [5.74, 6) is 0.0934. The highest BCUT2D eigenvalue weighted by atomic mass is 35.5. The summed E-state index contributed by atoms with van der Waals surface area (Å²) in [5, 5.41) is 5.88. The van der Waals surface area contributed by atoms with Crippen molar-refractivity contribution in [3.63, 3.8) is 0 Å². The van der Waals surface area contributed by atoms with Crippen molar-refractivity contribution in [3.8, 4) is 11.5 Å². The van der Waals surface area contributed by atoms with Crippen molar-refractivity contribution in [2.75, 3.05) is 19.5 Å². The number of methoxy groups -OCH3 is 2. The average molecular weight is 409 g/mol. The van der Waals surface area contributed by atoms with Gasteiger partial charge in [-0.25, -0.2) is 0 Å². The number of anilines is 1. The molecule has 142 valence electrons. The second-order valence-corrected chi connectivity index (χ2v) is 6.28. The Hall–Kier alpha value is -2.70. The van der Waals surface area contributed by atoms with Crippen molar-refractivity contribution in [1.82, 2.24) is 5.32 Å². The zero-order valence-corrected chi connectivity index (χ0v) is 16.4. The number of carbonyl (C=O) groups is 2. The Balaban J connectivity index is 2.36. The second kappa shape index (κ2) is 9.30. The number of halogens is 2. The van der Waals surface area contributed by atoms with Gasteiger partial charge in [0.25, 0.3) is 5.91 Å².